The highest BCUT2D eigenvalue weighted by atomic mass is 32.1. The summed E-state index contributed by atoms with van der Waals surface area (Å²) in [4.78, 5) is 13.7. The second kappa shape index (κ2) is 7.22. The minimum absolute atomic E-state index is 0.0488. The van der Waals surface area contributed by atoms with Crippen LogP contribution in [0.2, 0.25) is 0 Å². The van der Waals surface area contributed by atoms with Crippen LogP contribution in [0.4, 0.5) is 19.3 Å². The molecular weight excluding hydrogens is 310 g/mol. The quantitative estimate of drug-likeness (QED) is 0.889. The van der Waals surface area contributed by atoms with Crippen molar-refractivity contribution in [1.82, 2.24) is 4.90 Å². The van der Waals surface area contributed by atoms with Crippen molar-refractivity contribution < 1.29 is 18.3 Å². The van der Waals surface area contributed by atoms with Gasteiger partial charge in [-0.3, -0.25) is 0 Å². The molecule has 1 N–H and O–H groups in total. The minimum Gasteiger partial charge on any atom is -0.433 e. The maximum atomic E-state index is 12.4. The van der Waals surface area contributed by atoms with Gasteiger partial charge in [0.15, 0.2) is 0 Å². The number of nitrogens with zero attached hydrogens (tertiary/aromatic N) is 1. The fourth-order valence-electron chi connectivity index (χ4n) is 1.93. The van der Waals surface area contributed by atoms with Gasteiger partial charge in [-0.05, 0) is 40.9 Å². The van der Waals surface area contributed by atoms with Crippen molar-refractivity contribution in [1.29, 1.82) is 0 Å². The fraction of sp³-hybridized carbons (Fsp3) is 0.267. The Morgan fingerprint density at radius 1 is 1.41 bits per heavy atom. The average Bonchev–Trinajstić information content (AvgIpc) is 2.94. The van der Waals surface area contributed by atoms with Crippen molar-refractivity contribution in [3.05, 3.63) is 46.2 Å². The van der Waals surface area contributed by atoms with E-state index in [0.717, 1.165) is 5.56 Å². The van der Waals surface area contributed by atoms with Gasteiger partial charge in [0, 0.05) is 13.6 Å². The first kappa shape index (κ1) is 16.2. The smallest absolute Gasteiger partial charge is 0.387 e. The lowest BCUT2D eigenvalue weighted by Crippen LogP contribution is -2.31. The summed E-state index contributed by atoms with van der Waals surface area (Å²) in [6, 6.07) is 6.24. The predicted octanol–water partition coefficient (Wildman–Crippen LogP) is 4.32. The molecule has 0 saturated carbocycles. The Bertz CT molecular complexity index is 632. The molecule has 0 radical (unpaired) electrons. The van der Waals surface area contributed by atoms with E-state index >= 15 is 0 Å². The summed E-state index contributed by atoms with van der Waals surface area (Å²) >= 11 is 1.55. The zero-order chi connectivity index (χ0) is 16.1. The van der Waals surface area contributed by atoms with Crippen LogP contribution in [0.5, 0.6) is 5.75 Å². The Hall–Kier alpha value is -2.15. The number of ether oxygens (including phenoxy) is 1. The number of benzene rings is 1. The van der Waals surface area contributed by atoms with Crippen LogP contribution in [0, 0.1) is 6.92 Å². The number of amides is 2. The molecule has 0 aliphatic rings. The molecule has 7 heteroatoms. The number of nitrogens with one attached hydrogen (secondary N) is 1. The van der Waals surface area contributed by atoms with Gasteiger partial charge in [-0.15, -0.1) is 0 Å². The number of hydrogen-bond acceptors (Lipinski definition) is 3. The topological polar surface area (TPSA) is 41.6 Å². The highest BCUT2D eigenvalue weighted by molar-refractivity contribution is 7.07. The maximum absolute atomic E-state index is 12.4. The molecule has 22 heavy (non-hydrogen) atoms. The minimum atomic E-state index is -2.94. The predicted molar refractivity (Wildman–Crippen MR) is 82.6 cm³/mol. The normalized spacial score (nSPS) is 10.6. The Morgan fingerprint density at radius 3 is 2.82 bits per heavy atom. The Balaban J connectivity index is 2.10. The van der Waals surface area contributed by atoms with Crippen LogP contribution < -0.4 is 10.1 Å². The average molecular weight is 326 g/mol. The second-order valence-electron chi connectivity index (χ2n) is 4.74. The van der Waals surface area contributed by atoms with Gasteiger partial charge >= 0.3 is 12.6 Å². The van der Waals surface area contributed by atoms with E-state index in [2.05, 4.69) is 10.1 Å². The zero-order valence-corrected chi connectivity index (χ0v) is 13.0. The number of para-hydroxylation sites is 1. The number of urea groups is 1. The molecule has 0 saturated heterocycles. The van der Waals surface area contributed by atoms with Crippen LogP contribution in [-0.2, 0) is 6.54 Å². The molecule has 118 valence electrons. The van der Waals surface area contributed by atoms with Gasteiger partial charge in [-0.25, -0.2) is 4.79 Å². The molecule has 0 atom stereocenters. The van der Waals surface area contributed by atoms with Crippen LogP contribution in [0.25, 0.3) is 0 Å². The van der Waals surface area contributed by atoms with Gasteiger partial charge in [0.2, 0.25) is 0 Å². The number of hydrogen-bond donors (Lipinski definition) is 1. The molecule has 0 bridgehead atoms. The first-order valence-electron chi connectivity index (χ1n) is 6.55. The molecule has 0 aliphatic carbocycles. The molecule has 2 amide bonds. The number of halogens is 2. The molecule has 1 aromatic carbocycles. The molecule has 2 aromatic rings. The third-order valence-corrected chi connectivity index (χ3v) is 3.76. The molecule has 0 fully saturated rings. The van der Waals surface area contributed by atoms with Crippen LogP contribution in [-0.4, -0.2) is 24.6 Å². The highest BCUT2D eigenvalue weighted by Gasteiger charge is 2.16. The van der Waals surface area contributed by atoms with Gasteiger partial charge in [0.05, 0.1) is 5.69 Å². The summed E-state index contributed by atoms with van der Waals surface area (Å²) in [5, 5.41) is 6.50. The Labute approximate surface area is 131 Å². The molecule has 1 heterocycles. The zero-order valence-electron chi connectivity index (χ0n) is 12.2. The first-order valence-corrected chi connectivity index (χ1v) is 7.49. The molecule has 0 aliphatic heterocycles. The van der Waals surface area contributed by atoms with Gasteiger partial charge in [0.25, 0.3) is 0 Å². The largest absolute Gasteiger partial charge is 0.433 e. The van der Waals surface area contributed by atoms with Crippen molar-refractivity contribution in [2.24, 2.45) is 0 Å². The van der Waals surface area contributed by atoms with E-state index in [1.54, 1.807) is 37.4 Å². The SMILES string of the molecule is Cc1cccc(OC(F)F)c1NC(=O)N(C)Cc1ccsc1. The van der Waals surface area contributed by atoms with Crippen LogP contribution in [0.1, 0.15) is 11.1 Å². The van der Waals surface area contributed by atoms with Gasteiger partial charge < -0.3 is 15.0 Å². The van der Waals surface area contributed by atoms with E-state index in [-0.39, 0.29) is 17.5 Å². The van der Waals surface area contributed by atoms with Crippen molar-refractivity contribution in [2.45, 2.75) is 20.1 Å². The molecule has 2 rings (SSSR count). The van der Waals surface area contributed by atoms with Gasteiger partial charge in [0.1, 0.15) is 5.75 Å². The number of carbonyl (C=O) groups excluding carboxylic acids is 1. The molecule has 4 nitrogen and oxygen atoms in total. The lowest BCUT2D eigenvalue weighted by molar-refractivity contribution is -0.0493. The van der Waals surface area contributed by atoms with Gasteiger partial charge in [-0.2, -0.15) is 20.1 Å². The molecule has 0 unspecified atom stereocenters. The Morgan fingerprint density at radius 2 is 2.18 bits per heavy atom. The summed E-state index contributed by atoms with van der Waals surface area (Å²) in [5.74, 6) is -0.0488. The van der Waals surface area contributed by atoms with E-state index in [1.165, 1.54) is 11.0 Å². The lowest BCUT2D eigenvalue weighted by Gasteiger charge is -2.20. The summed E-state index contributed by atoms with van der Waals surface area (Å²) in [6.45, 7) is -0.792. The summed E-state index contributed by atoms with van der Waals surface area (Å²) < 4.78 is 29.3. The van der Waals surface area contributed by atoms with E-state index in [9.17, 15) is 13.6 Å². The number of thiophene rings is 1. The van der Waals surface area contributed by atoms with Crippen molar-refractivity contribution in [3.8, 4) is 5.75 Å². The molecule has 0 spiro atoms. The monoisotopic (exact) mass is 326 g/mol. The van der Waals surface area contributed by atoms with E-state index in [0.29, 0.717) is 12.1 Å². The summed E-state index contributed by atoms with van der Waals surface area (Å²) in [5.41, 5.74) is 1.91. The van der Waals surface area contributed by atoms with E-state index in [4.69, 9.17) is 0 Å². The van der Waals surface area contributed by atoms with Crippen molar-refractivity contribution >= 4 is 23.1 Å². The van der Waals surface area contributed by atoms with E-state index in [1.807, 2.05) is 16.8 Å². The number of rotatable bonds is 5. The number of anilines is 1. The van der Waals surface area contributed by atoms with E-state index < -0.39 is 6.61 Å². The highest BCUT2D eigenvalue weighted by Crippen LogP contribution is 2.29. The third kappa shape index (κ3) is 4.17. The maximum Gasteiger partial charge on any atom is 0.387 e. The third-order valence-electron chi connectivity index (χ3n) is 3.03. The second-order valence-corrected chi connectivity index (χ2v) is 5.52. The van der Waals surface area contributed by atoms with Crippen molar-refractivity contribution in [2.75, 3.05) is 12.4 Å². The van der Waals surface area contributed by atoms with Gasteiger partial charge in [-0.1, -0.05) is 12.1 Å². The summed E-state index contributed by atoms with van der Waals surface area (Å²) in [6.07, 6.45) is 0. The van der Waals surface area contributed by atoms with Crippen LogP contribution in [0.3, 0.4) is 0 Å². The standard InChI is InChI=1S/C15H16F2N2O2S/c1-10-4-3-5-12(21-14(16)17)13(10)18-15(20)19(2)8-11-6-7-22-9-11/h3-7,9,14H,8H2,1-2H3,(H,18,20). The number of alkyl halides is 2. The first-order chi connectivity index (χ1) is 10.5. The van der Waals surface area contributed by atoms with Crippen molar-refractivity contribution in [3.63, 3.8) is 0 Å². The summed E-state index contributed by atoms with van der Waals surface area (Å²) in [7, 11) is 1.64. The van der Waals surface area contributed by atoms with Crippen LogP contribution >= 0.6 is 11.3 Å². The molecular formula is C15H16F2N2O2S. The number of carbonyl (C=O) groups is 1. The lowest BCUT2D eigenvalue weighted by atomic mass is 10.2. The Kier molecular flexibility index (Phi) is 5.32. The fourth-order valence-corrected chi connectivity index (χ4v) is 2.59. The number of aryl methyl sites for hydroxylation is 1. The molecule has 1 aromatic heterocycles. The van der Waals surface area contributed by atoms with Crippen LogP contribution in [0.15, 0.2) is 35.0 Å².